The van der Waals surface area contributed by atoms with Crippen molar-refractivity contribution in [2.45, 2.75) is 13.3 Å². The second-order valence-corrected chi connectivity index (χ2v) is 4.34. The van der Waals surface area contributed by atoms with Crippen molar-refractivity contribution in [3.05, 3.63) is 65.7 Å². The number of phenolic OH excluding ortho intramolecular Hbond substituents is 1. The Morgan fingerprint density at radius 2 is 1.57 bits per heavy atom. The number of carbonyl (C=O) groups excluding carboxylic acids is 2. The fourth-order valence-corrected chi connectivity index (χ4v) is 1.45. The summed E-state index contributed by atoms with van der Waals surface area (Å²) in [5, 5.41) is 19.1. The van der Waals surface area contributed by atoms with Gasteiger partial charge in [-0.15, -0.1) is 0 Å². The topological polar surface area (TPSA) is 86.7 Å². The van der Waals surface area contributed by atoms with Gasteiger partial charge in [0.05, 0.1) is 18.1 Å². The van der Waals surface area contributed by atoms with E-state index in [9.17, 15) is 14.7 Å². The van der Waals surface area contributed by atoms with Gasteiger partial charge >= 0.3 is 35.5 Å². The second-order valence-electron chi connectivity index (χ2n) is 4.34. The van der Waals surface area contributed by atoms with E-state index in [2.05, 4.69) is 0 Å². The van der Waals surface area contributed by atoms with Crippen LogP contribution in [0.2, 0.25) is 0 Å². The predicted molar refractivity (Wildman–Crippen MR) is 79.5 cm³/mol. The average molecular weight is 324 g/mol. The number of hydrogen-bond acceptors (Lipinski definition) is 5. The predicted octanol–water partition coefficient (Wildman–Crippen LogP) is -0.987. The summed E-state index contributed by atoms with van der Waals surface area (Å²) in [6, 6.07) is 14.1. The largest absolute Gasteiger partial charge is 1.00 e. The van der Waals surface area contributed by atoms with E-state index < -0.39 is 5.97 Å². The maximum atomic E-state index is 11.2. The zero-order chi connectivity index (χ0) is 16.4. The van der Waals surface area contributed by atoms with Crippen molar-refractivity contribution >= 4 is 11.9 Å². The number of aromatic hydroxyl groups is 1. The molecular formula is C17H17NaO5. The number of carboxylic acids is 1. The van der Waals surface area contributed by atoms with Crippen LogP contribution in [-0.4, -0.2) is 23.7 Å². The van der Waals surface area contributed by atoms with Crippen molar-refractivity contribution in [2.24, 2.45) is 0 Å². The summed E-state index contributed by atoms with van der Waals surface area (Å²) in [5.41, 5.74) is 0.684. The maximum Gasteiger partial charge on any atom is 1.00 e. The molecule has 5 nitrogen and oxygen atoms in total. The van der Waals surface area contributed by atoms with E-state index in [1.165, 1.54) is 36.4 Å². The first kappa shape index (κ1) is 21.2. The fourth-order valence-electron chi connectivity index (χ4n) is 1.45. The molecule has 2 aromatic rings. The van der Waals surface area contributed by atoms with Crippen LogP contribution >= 0.6 is 0 Å². The van der Waals surface area contributed by atoms with E-state index in [4.69, 9.17) is 9.84 Å². The van der Waals surface area contributed by atoms with Crippen LogP contribution in [0.5, 0.6) is 5.75 Å². The Balaban J connectivity index is 0.000000427. The van der Waals surface area contributed by atoms with Crippen molar-refractivity contribution in [1.82, 2.24) is 0 Å². The summed E-state index contributed by atoms with van der Waals surface area (Å²) < 4.78 is 4.90. The van der Waals surface area contributed by atoms with Crippen molar-refractivity contribution in [1.29, 1.82) is 0 Å². The number of carbonyl (C=O) groups is 2. The number of hydrogen-bond donors (Lipinski definition) is 1. The van der Waals surface area contributed by atoms with Crippen LogP contribution in [0.4, 0.5) is 0 Å². The van der Waals surface area contributed by atoms with E-state index in [-0.39, 0.29) is 46.8 Å². The standard InChI is InChI=1S/C10H12O3.C7H6O2.Na/c1-2-7-13-10(12)8-3-5-9(11)6-4-8;8-7(9)6-4-2-1-3-5-6;/h3-6,11H,2,7H2,1H3;1-5H,(H,8,9);/q;;+1/p-1. The molecular weight excluding hydrogens is 307 g/mol. The smallest absolute Gasteiger partial charge is 0.545 e. The number of esters is 1. The summed E-state index contributed by atoms with van der Waals surface area (Å²) >= 11 is 0. The van der Waals surface area contributed by atoms with Crippen LogP contribution < -0.4 is 34.7 Å². The molecule has 0 radical (unpaired) electrons. The first-order valence-electron chi connectivity index (χ1n) is 6.77. The van der Waals surface area contributed by atoms with Gasteiger partial charge in [-0.1, -0.05) is 37.3 Å². The normalized spacial score (nSPS) is 8.91. The zero-order valence-corrected chi connectivity index (χ0v) is 15.2. The van der Waals surface area contributed by atoms with Gasteiger partial charge in [0.15, 0.2) is 0 Å². The minimum atomic E-state index is -1.13. The molecule has 23 heavy (non-hydrogen) atoms. The summed E-state index contributed by atoms with van der Waals surface area (Å²) in [5.74, 6) is -1.33. The van der Waals surface area contributed by atoms with Gasteiger partial charge in [0.25, 0.3) is 0 Å². The van der Waals surface area contributed by atoms with Crippen LogP contribution in [0.3, 0.4) is 0 Å². The fraction of sp³-hybridized carbons (Fsp3) is 0.176. The zero-order valence-electron chi connectivity index (χ0n) is 13.2. The van der Waals surface area contributed by atoms with Crippen LogP contribution in [0.1, 0.15) is 34.1 Å². The van der Waals surface area contributed by atoms with Gasteiger partial charge in [-0.05, 0) is 36.2 Å². The number of phenols is 1. The first-order chi connectivity index (χ1) is 10.5. The number of benzene rings is 2. The Bertz CT molecular complexity index is 596. The minimum Gasteiger partial charge on any atom is -0.545 e. The molecule has 1 N–H and O–H groups in total. The molecule has 116 valence electrons. The summed E-state index contributed by atoms with van der Waals surface area (Å²) in [7, 11) is 0. The Morgan fingerprint density at radius 3 is 2.00 bits per heavy atom. The first-order valence-corrected chi connectivity index (χ1v) is 6.77. The summed E-state index contributed by atoms with van der Waals surface area (Å²) in [6.45, 7) is 2.36. The van der Waals surface area contributed by atoms with E-state index in [1.54, 1.807) is 18.2 Å². The van der Waals surface area contributed by atoms with Crippen molar-refractivity contribution in [2.75, 3.05) is 6.61 Å². The minimum absolute atomic E-state index is 0. The van der Waals surface area contributed by atoms with Crippen LogP contribution in [0.25, 0.3) is 0 Å². The SMILES string of the molecule is CCCOC(=O)c1ccc(O)cc1.O=C([O-])c1ccccc1.[Na+]. The molecule has 0 aliphatic heterocycles. The number of rotatable bonds is 4. The number of ether oxygens (including phenoxy) is 1. The molecule has 0 heterocycles. The quantitative estimate of drug-likeness (QED) is 0.577. The molecule has 0 unspecified atom stereocenters. The van der Waals surface area contributed by atoms with Crippen LogP contribution in [-0.2, 0) is 4.74 Å². The molecule has 0 aliphatic carbocycles. The maximum absolute atomic E-state index is 11.2. The Morgan fingerprint density at radius 1 is 1.00 bits per heavy atom. The number of aromatic carboxylic acids is 1. The third-order valence-corrected chi connectivity index (χ3v) is 2.55. The third-order valence-electron chi connectivity index (χ3n) is 2.55. The molecule has 0 saturated carbocycles. The van der Waals surface area contributed by atoms with Gasteiger partial charge < -0.3 is 19.7 Å². The van der Waals surface area contributed by atoms with Crippen molar-refractivity contribution in [3.8, 4) is 5.75 Å². The molecule has 0 spiro atoms. The van der Waals surface area contributed by atoms with Gasteiger partial charge in [-0.3, -0.25) is 0 Å². The van der Waals surface area contributed by atoms with E-state index in [1.807, 2.05) is 6.92 Å². The van der Waals surface area contributed by atoms with Crippen LogP contribution in [0.15, 0.2) is 54.6 Å². The Labute approximate surface area is 157 Å². The molecule has 0 aliphatic rings. The van der Waals surface area contributed by atoms with E-state index in [0.29, 0.717) is 12.2 Å². The molecule has 0 atom stereocenters. The molecule has 0 saturated heterocycles. The average Bonchev–Trinajstić information content (AvgIpc) is 2.54. The molecule has 2 rings (SSSR count). The molecule has 6 heteroatoms. The van der Waals surface area contributed by atoms with Gasteiger partial charge in [0.1, 0.15) is 5.75 Å². The van der Waals surface area contributed by atoms with E-state index >= 15 is 0 Å². The van der Waals surface area contributed by atoms with Gasteiger partial charge in [0, 0.05) is 0 Å². The third kappa shape index (κ3) is 8.40. The molecule has 0 fully saturated rings. The summed E-state index contributed by atoms with van der Waals surface area (Å²) in [4.78, 5) is 21.3. The van der Waals surface area contributed by atoms with Crippen molar-refractivity contribution < 1.29 is 54.1 Å². The van der Waals surface area contributed by atoms with Gasteiger partial charge in [-0.2, -0.15) is 0 Å². The molecule has 2 aromatic carbocycles. The van der Waals surface area contributed by atoms with Crippen molar-refractivity contribution in [3.63, 3.8) is 0 Å². The number of carboxylic acid groups (broad SMARTS) is 1. The second kappa shape index (κ2) is 11.7. The molecule has 0 bridgehead atoms. The van der Waals surface area contributed by atoms with Gasteiger partial charge in [-0.25, -0.2) is 4.79 Å². The van der Waals surface area contributed by atoms with E-state index in [0.717, 1.165) is 6.42 Å². The Hall–Kier alpha value is -1.82. The molecule has 0 aromatic heterocycles. The monoisotopic (exact) mass is 324 g/mol. The van der Waals surface area contributed by atoms with Gasteiger partial charge in [0.2, 0.25) is 0 Å². The molecule has 0 amide bonds. The van der Waals surface area contributed by atoms with Crippen LogP contribution in [0, 0.1) is 0 Å². The Kier molecular flexibility index (Phi) is 10.8. The summed E-state index contributed by atoms with van der Waals surface area (Å²) in [6.07, 6.45) is 0.809.